The molecule has 53 heavy (non-hydrogen) atoms. The van der Waals surface area contributed by atoms with Gasteiger partial charge < -0.3 is 54.2 Å². The SMILES string of the molecule is CC(=O)N[C@@H](Cc1ccc(N)cc1)C(=O)N[C@H](C(=O)N[C@@H](CCCN=C(N)N)C(=O)N[C@@H](CC(C)C)C(=O)N1CC[C@H](O)[C@H]1C(N)=O)C1CCCCC1. The van der Waals surface area contributed by atoms with Crippen molar-refractivity contribution >= 4 is 47.1 Å². The second-order valence-electron chi connectivity index (χ2n) is 14.5. The van der Waals surface area contributed by atoms with Gasteiger partial charge in [0.1, 0.15) is 30.2 Å². The number of guanidine groups is 1. The molecular weight excluding hydrogens is 684 g/mol. The molecule has 13 N–H and O–H groups in total. The lowest BCUT2D eigenvalue weighted by atomic mass is 9.83. The van der Waals surface area contributed by atoms with Crippen molar-refractivity contribution < 1.29 is 33.9 Å². The third-order valence-corrected chi connectivity index (χ3v) is 9.66. The number of benzene rings is 1. The summed E-state index contributed by atoms with van der Waals surface area (Å²) in [6, 6.07) is 1.38. The Bertz CT molecular complexity index is 1460. The topological polar surface area (TPSA) is 290 Å². The summed E-state index contributed by atoms with van der Waals surface area (Å²) in [4.78, 5) is 85.2. The van der Waals surface area contributed by atoms with Gasteiger partial charge in [0, 0.05) is 32.1 Å². The number of nitrogens with one attached hydrogen (secondary N) is 4. The van der Waals surface area contributed by atoms with Crippen molar-refractivity contribution in [3.8, 4) is 0 Å². The minimum absolute atomic E-state index is 0.0607. The second-order valence-corrected chi connectivity index (χ2v) is 14.5. The quantitative estimate of drug-likeness (QED) is 0.0379. The van der Waals surface area contributed by atoms with Gasteiger partial charge in [0.2, 0.25) is 35.4 Å². The molecule has 6 atom stereocenters. The Labute approximate surface area is 310 Å². The molecule has 1 aromatic carbocycles. The van der Waals surface area contributed by atoms with E-state index in [1.54, 1.807) is 24.3 Å². The van der Waals surface area contributed by atoms with Crippen molar-refractivity contribution in [1.82, 2.24) is 26.2 Å². The summed E-state index contributed by atoms with van der Waals surface area (Å²) in [6.07, 6.45) is 3.76. The number of aliphatic imine (C=N–C) groups is 1. The van der Waals surface area contributed by atoms with E-state index in [9.17, 15) is 33.9 Å². The highest BCUT2D eigenvalue weighted by Gasteiger charge is 2.43. The molecule has 2 aliphatic rings. The maximum Gasteiger partial charge on any atom is 0.245 e. The largest absolute Gasteiger partial charge is 0.399 e. The summed E-state index contributed by atoms with van der Waals surface area (Å²) < 4.78 is 0. The van der Waals surface area contributed by atoms with Crippen LogP contribution in [0.5, 0.6) is 0 Å². The highest BCUT2D eigenvalue weighted by atomic mass is 16.3. The lowest BCUT2D eigenvalue weighted by Crippen LogP contribution is -2.61. The van der Waals surface area contributed by atoms with Gasteiger partial charge in [-0.15, -0.1) is 0 Å². The molecule has 2 fully saturated rings. The molecule has 17 nitrogen and oxygen atoms in total. The van der Waals surface area contributed by atoms with Crippen molar-refractivity contribution in [3.63, 3.8) is 0 Å². The number of amides is 6. The number of likely N-dealkylation sites (tertiary alicyclic amines) is 1. The fraction of sp³-hybridized carbons (Fsp3) is 0.639. The molecule has 1 saturated carbocycles. The Morgan fingerprint density at radius 3 is 2.06 bits per heavy atom. The number of nitrogens with two attached hydrogens (primary N) is 4. The van der Waals surface area contributed by atoms with Gasteiger partial charge in [0.05, 0.1) is 6.10 Å². The van der Waals surface area contributed by atoms with E-state index in [0.717, 1.165) is 24.8 Å². The normalized spacial score (nSPS) is 19.7. The van der Waals surface area contributed by atoms with Crippen molar-refractivity contribution in [2.45, 2.75) is 121 Å². The predicted octanol–water partition coefficient (Wildman–Crippen LogP) is -1.10. The van der Waals surface area contributed by atoms with Crippen LogP contribution in [-0.2, 0) is 35.2 Å². The van der Waals surface area contributed by atoms with Crippen LogP contribution in [0.4, 0.5) is 5.69 Å². The fourth-order valence-electron chi connectivity index (χ4n) is 7.03. The molecule has 294 valence electrons. The average Bonchev–Trinajstić information content (AvgIpc) is 3.49. The molecule has 1 aromatic rings. The Morgan fingerprint density at radius 1 is 0.849 bits per heavy atom. The van der Waals surface area contributed by atoms with E-state index in [-0.39, 0.29) is 63.0 Å². The van der Waals surface area contributed by atoms with Gasteiger partial charge in [-0.05, 0) is 68.1 Å². The molecule has 1 heterocycles. The molecule has 1 aliphatic carbocycles. The van der Waals surface area contributed by atoms with Crippen molar-refractivity contribution in [2.75, 3.05) is 18.8 Å². The molecule has 6 amide bonds. The third kappa shape index (κ3) is 13.2. The van der Waals surface area contributed by atoms with E-state index < -0.39 is 71.8 Å². The molecule has 1 saturated heterocycles. The van der Waals surface area contributed by atoms with Crippen molar-refractivity contribution in [3.05, 3.63) is 29.8 Å². The zero-order chi connectivity index (χ0) is 39.2. The van der Waals surface area contributed by atoms with Gasteiger partial charge in [0.25, 0.3) is 0 Å². The van der Waals surface area contributed by atoms with E-state index in [2.05, 4.69) is 26.3 Å². The molecule has 0 radical (unpaired) electrons. The van der Waals surface area contributed by atoms with Crippen LogP contribution in [0, 0.1) is 11.8 Å². The molecule has 3 rings (SSSR count). The number of carbonyl (C=O) groups excluding carboxylic acids is 6. The monoisotopic (exact) mass is 742 g/mol. The Balaban J connectivity index is 1.88. The molecule has 0 aromatic heterocycles. The lowest BCUT2D eigenvalue weighted by Gasteiger charge is -2.33. The third-order valence-electron chi connectivity index (χ3n) is 9.66. The first kappa shape index (κ1) is 42.5. The number of aliphatic hydroxyl groups excluding tert-OH is 1. The minimum atomic E-state index is -1.23. The highest BCUT2D eigenvalue weighted by Crippen LogP contribution is 2.27. The number of anilines is 1. The van der Waals surface area contributed by atoms with Gasteiger partial charge in [0.15, 0.2) is 5.96 Å². The summed E-state index contributed by atoms with van der Waals surface area (Å²) in [5.41, 5.74) is 23.6. The van der Waals surface area contributed by atoms with Crippen LogP contribution >= 0.6 is 0 Å². The minimum Gasteiger partial charge on any atom is -0.399 e. The zero-order valence-electron chi connectivity index (χ0n) is 31.0. The first-order valence-corrected chi connectivity index (χ1v) is 18.4. The lowest BCUT2D eigenvalue weighted by molar-refractivity contribution is -0.143. The first-order valence-electron chi connectivity index (χ1n) is 18.4. The number of primary amides is 1. The number of aliphatic hydroxyl groups is 1. The van der Waals surface area contributed by atoms with E-state index in [1.807, 2.05) is 13.8 Å². The van der Waals surface area contributed by atoms with Gasteiger partial charge in [-0.3, -0.25) is 33.8 Å². The van der Waals surface area contributed by atoms with Crippen LogP contribution in [0.3, 0.4) is 0 Å². The molecule has 1 aliphatic heterocycles. The number of rotatable bonds is 18. The van der Waals surface area contributed by atoms with Gasteiger partial charge >= 0.3 is 0 Å². The summed E-state index contributed by atoms with van der Waals surface area (Å²) >= 11 is 0. The first-order chi connectivity index (χ1) is 25.1. The maximum absolute atomic E-state index is 14.2. The van der Waals surface area contributed by atoms with Crippen LogP contribution in [0.25, 0.3) is 0 Å². The maximum atomic E-state index is 14.2. The van der Waals surface area contributed by atoms with Crippen LogP contribution in [0.15, 0.2) is 29.3 Å². The number of nitrogens with zero attached hydrogens (tertiary/aromatic N) is 2. The Morgan fingerprint density at radius 2 is 1.47 bits per heavy atom. The van der Waals surface area contributed by atoms with Crippen LogP contribution in [0.2, 0.25) is 0 Å². The molecule has 0 bridgehead atoms. The molecule has 0 unspecified atom stereocenters. The second kappa shape index (κ2) is 20.3. The van der Waals surface area contributed by atoms with E-state index in [1.165, 1.54) is 11.8 Å². The fourth-order valence-corrected chi connectivity index (χ4v) is 7.03. The standard InChI is InChI=1S/C36H58N10O7/c1-20(2)18-27(35(53)46-17-15-28(48)30(46)31(38)49)44-32(50)25(10-7-16-41-36(39)40)43-34(52)29(23-8-5-4-6-9-23)45-33(51)26(42-21(3)47)19-22-11-13-24(37)14-12-22/h11-14,20,23,25-30,48H,4-10,15-19,37H2,1-3H3,(H2,38,49)(H,42,47)(H,43,52)(H,44,50)(H,45,51)(H4,39,40,41)/t25-,26-,27-,28-,29-,30-/m0/s1. The van der Waals surface area contributed by atoms with E-state index in [0.29, 0.717) is 18.5 Å². The number of carbonyl (C=O) groups is 6. The van der Waals surface area contributed by atoms with Gasteiger partial charge in [-0.1, -0.05) is 45.2 Å². The number of nitrogen functional groups attached to an aromatic ring is 1. The van der Waals surface area contributed by atoms with Gasteiger partial charge in [-0.25, -0.2) is 0 Å². The molecule has 17 heteroatoms. The summed E-state index contributed by atoms with van der Waals surface area (Å²) in [5.74, 6) is -4.10. The Kier molecular flexibility index (Phi) is 16.3. The van der Waals surface area contributed by atoms with Gasteiger partial charge in [-0.2, -0.15) is 0 Å². The smallest absolute Gasteiger partial charge is 0.245 e. The predicted molar refractivity (Wildman–Crippen MR) is 199 cm³/mol. The number of hydrogen-bond donors (Lipinski definition) is 9. The average molecular weight is 743 g/mol. The zero-order valence-corrected chi connectivity index (χ0v) is 31.0. The molecular formula is C36H58N10O7. The number of hydrogen-bond acceptors (Lipinski definition) is 9. The van der Waals surface area contributed by atoms with Crippen LogP contribution in [-0.4, -0.2) is 101 Å². The Hall–Kier alpha value is -4.93. The van der Waals surface area contributed by atoms with E-state index >= 15 is 0 Å². The van der Waals surface area contributed by atoms with Crippen LogP contribution < -0.4 is 44.2 Å². The summed E-state index contributed by atoms with van der Waals surface area (Å²) in [6.45, 7) is 5.28. The summed E-state index contributed by atoms with van der Waals surface area (Å²) in [5, 5.41) is 21.5. The molecule has 0 spiro atoms. The van der Waals surface area contributed by atoms with E-state index in [4.69, 9.17) is 22.9 Å². The van der Waals surface area contributed by atoms with Crippen LogP contribution in [0.1, 0.15) is 84.1 Å². The van der Waals surface area contributed by atoms with Crippen molar-refractivity contribution in [1.29, 1.82) is 0 Å². The van der Waals surface area contributed by atoms with Crippen molar-refractivity contribution in [2.24, 2.45) is 34.0 Å². The summed E-state index contributed by atoms with van der Waals surface area (Å²) in [7, 11) is 0. The highest BCUT2D eigenvalue weighted by molar-refractivity contribution is 5.96.